The predicted molar refractivity (Wildman–Crippen MR) is 149 cm³/mol. The number of hydrogen-bond acceptors (Lipinski definition) is 0. The van der Waals surface area contributed by atoms with E-state index in [0.717, 1.165) is 0 Å². The molecule has 0 unspecified atom stereocenters. The summed E-state index contributed by atoms with van der Waals surface area (Å²) in [7, 11) is -6.00. The molecule has 0 saturated carbocycles. The fourth-order valence-electron chi connectivity index (χ4n) is 4.77. The van der Waals surface area contributed by atoms with Crippen LogP contribution in [0.5, 0.6) is 0 Å². The van der Waals surface area contributed by atoms with E-state index < -0.39 is 7.25 Å². The maximum Gasteiger partial charge on any atom is 0.673 e. The van der Waals surface area contributed by atoms with Crippen LogP contribution in [0.4, 0.5) is 17.3 Å². The van der Waals surface area contributed by atoms with Crippen molar-refractivity contribution in [2.24, 2.45) is 0 Å². The number of rotatable bonds is 3. The Balaban J connectivity index is 0.000000540. The molecule has 0 spiro atoms. The van der Waals surface area contributed by atoms with Crippen molar-refractivity contribution in [1.29, 1.82) is 0 Å². The van der Waals surface area contributed by atoms with Gasteiger partial charge in [0.2, 0.25) is 16.9 Å². The number of aryl methyl sites for hydroxylation is 1. The van der Waals surface area contributed by atoms with Crippen LogP contribution in [0.3, 0.4) is 0 Å². The van der Waals surface area contributed by atoms with E-state index in [9.17, 15) is 17.3 Å². The number of halogens is 4. The topological polar surface area (TPSA) is 3.88 Å². The molecule has 0 N–H and O–H groups in total. The lowest BCUT2D eigenvalue weighted by Gasteiger charge is -2.14. The predicted octanol–water partition coefficient (Wildman–Crippen LogP) is 9.21. The number of aromatic nitrogens is 1. The van der Waals surface area contributed by atoms with Crippen molar-refractivity contribution in [3.63, 3.8) is 0 Å². The molecule has 38 heavy (non-hydrogen) atoms. The Labute approximate surface area is 218 Å². The molecule has 0 radical (unpaired) electrons. The van der Waals surface area contributed by atoms with Crippen LogP contribution >= 0.6 is 0 Å². The number of fused-ring (bicyclic) bond motifs is 3. The first kappa shape index (κ1) is 25.2. The van der Waals surface area contributed by atoms with Gasteiger partial charge in [-0.1, -0.05) is 90.5 Å². The van der Waals surface area contributed by atoms with E-state index in [2.05, 4.69) is 139 Å². The first-order chi connectivity index (χ1) is 18.3. The second kappa shape index (κ2) is 10.5. The highest BCUT2D eigenvalue weighted by atomic mass is 19.5. The molecule has 1 nitrogen and oxygen atoms in total. The molecule has 0 aliphatic rings. The van der Waals surface area contributed by atoms with Gasteiger partial charge in [-0.25, -0.2) is 0 Å². The summed E-state index contributed by atoms with van der Waals surface area (Å²) in [5.74, 6) is 0. The van der Waals surface area contributed by atoms with Gasteiger partial charge in [-0.3, -0.25) is 0 Å². The molecule has 5 aromatic carbocycles. The Morgan fingerprint density at radius 1 is 0.579 bits per heavy atom. The summed E-state index contributed by atoms with van der Waals surface area (Å²) >= 11 is 0. The number of pyridine rings is 1. The molecule has 0 saturated heterocycles. The van der Waals surface area contributed by atoms with E-state index in [4.69, 9.17) is 0 Å². The molecule has 0 amide bonds. The van der Waals surface area contributed by atoms with Crippen molar-refractivity contribution in [2.45, 2.75) is 6.92 Å². The van der Waals surface area contributed by atoms with E-state index in [1.54, 1.807) is 0 Å². The maximum absolute atomic E-state index is 9.75. The zero-order chi connectivity index (χ0) is 26.7. The second-order valence-corrected chi connectivity index (χ2v) is 9.02. The fraction of sp³-hybridized carbons (Fsp3) is 0.0312. The van der Waals surface area contributed by atoms with Crippen molar-refractivity contribution >= 4 is 28.9 Å². The standard InChI is InChI=1S/C32H24N.BF4/c1-23-16-19-27(20-17-23)33-30-21-18-25-12-8-9-15-28(25)32(30)29(24-10-4-2-5-11-24)22-31(33)26-13-6-3-7-14-26;2-1(3,4)5/h2-22H,1H3;/q+1;-1. The molecule has 0 bridgehead atoms. The van der Waals surface area contributed by atoms with Gasteiger partial charge in [-0.05, 0) is 41.5 Å². The van der Waals surface area contributed by atoms with Crippen molar-refractivity contribution in [2.75, 3.05) is 0 Å². The van der Waals surface area contributed by atoms with Crippen LogP contribution in [-0.4, -0.2) is 7.25 Å². The SMILES string of the molecule is Cc1ccc(-[n+]2c(-c3ccccc3)cc(-c3ccccc3)c3c4ccccc4ccc32)cc1.F[B-](F)(F)F. The molecule has 0 atom stereocenters. The lowest BCUT2D eigenvalue weighted by molar-refractivity contribution is -0.555. The molecule has 0 fully saturated rings. The Kier molecular flexibility index (Phi) is 6.97. The number of benzene rings is 5. The van der Waals surface area contributed by atoms with Crippen LogP contribution in [-0.2, 0) is 0 Å². The Hall–Kier alpha value is -4.45. The van der Waals surface area contributed by atoms with Crippen molar-refractivity contribution in [3.8, 4) is 28.1 Å². The van der Waals surface area contributed by atoms with Gasteiger partial charge < -0.3 is 17.3 Å². The zero-order valence-corrected chi connectivity index (χ0v) is 20.7. The molecule has 0 aliphatic heterocycles. The van der Waals surface area contributed by atoms with E-state index in [1.807, 2.05) is 0 Å². The zero-order valence-electron chi connectivity index (χ0n) is 20.7. The molecular formula is C32H24BF4N. The van der Waals surface area contributed by atoms with Gasteiger partial charge in [0.15, 0.2) is 0 Å². The van der Waals surface area contributed by atoms with Gasteiger partial charge in [-0.15, -0.1) is 0 Å². The van der Waals surface area contributed by atoms with Gasteiger partial charge in [0.25, 0.3) is 0 Å². The minimum absolute atomic E-state index is 1.17. The normalized spacial score (nSPS) is 11.3. The Morgan fingerprint density at radius 3 is 1.76 bits per heavy atom. The van der Waals surface area contributed by atoms with Gasteiger partial charge in [0.05, 0.1) is 5.39 Å². The van der Waals surface area contributed by atoms with E-state index >= 15 is 0 Å². The third-order valence-electron chi connectivity index (χ3n) is 6.39. The molecular weight excluding hydrogens is 485 g/mol. The largest absolute Gasteiger partial charge is 0.673 e. The van der Waals surface area contributed by atoms with E-state index in [-0.39, 0.29) is 0 Å². The van der Waals surface area contributed by atoms with Crippen LogP contribution in [0.1, 0.15) is 5.56 Å². The monoisotopic (exact) mass is 509 g/mol. The van der Waals surface area contributed by atoms with Gasteiger partial charge in [0.1, 0.15) is 0 Å². The van der Waals surface area contributed by atoms with Crippen molar-refractivity contribution in [1.82, 2.24) is 0 Å². The summed E-state index contributed by atoms with van der Waals surface area (Å²) in [6.07, 6.45) is 0. The minimum Gasteiger partial charge on any atom is -0.418 e. The average Bonchev–Trinajstić information content (AvgIpc) is 2.92. The second-order valence-electron chi connectivity index (χ2n) is 9.02. The smallest absolute Gasteiger partial charge is 0.418 e. The number of nitrogens with zero attached hydrogens (tertiary/aromatic N) is 1. The van der Waals surface area contributed by atoms with Gasteiger partial charge >= 0.3 is 7.25 Å². The van der Waals surface area contributed by atoms with E-state index in [0.29, 0.717) is 0 Å². The van der Waals surface area contributed by atoms with Crippen molar-refractivity contribution in [3.05, 3.63) is 133 Å². The highest BCUT2D eigenvalue weighted by Gasteiger charge is 2.25. The first-order valence-corrected chi connectivity index (χ1v) is 12.3. The number of hydrogen-bond donors (Lipinski definition) is 0. The minimum atomic E-state index is -6.00. The third-order valence-corrected chi connectivity index (χ3v) is 6.39. The molecule has 6 rings (SSSR count). The van der Waals surface area contributed by atoms with Crippen molar-refractivity contribution < 1.29 is 21.8 Å². The fourth-order valence-corrected chi connectivity index (χ4v) is 4.77. The van der Waals surface area contributed by atoms with Crippen LogP contribution in [0.25, 0.3) is 49.7 Å². The van der Waals surface area contributed by atoms with Crippen LogP contribution in [0, 0.1) is 6.92 Å². The summed E-state index contributed by atoms with van der Waals surface area (Å²) in [4.78, 5) is 0. The van der Waals surface area contributed by atoms with E-state index in [1.165, 1.54) is 55.3 Å². The highest BCUT2D eigenvalue weighted by molar-refractivity contribution is 6.50. The van der Waals surface area contributed by atoms with Crippen LogP contribution in [0.2, 0.25) is 0 Å². The quantitative estimate of drug-likeness (QED) is 0.0969. The summed E-state index contributed by atoms with van der Waals surface area (Å²) < 4.78 is 41.4. The Bertz CT molecular complexity index is 1690. The summed E-state index contributed by atoms with van der Waals surface area (Å²) in [5.41, 5.74) is 8.50. The Morgan fingerprint density at radius 2 is 1.13 bits per heavy atom. The van der Waals surface area contributed by atoms with Crippen LogP contribution < -0.4 is 4.57 Å². The summed E-state index contributed by atoms with van der Waals surface area (Å²) in [6, 6.07) is 45.8. The van der Waals surface area contributed by atoms with Crippen LogP contribution in [0.15, 0.2) is 127 Å². The lowest BCUT2D eigenvalue weighted by Crippen LogP contribution is -2.34. The first-order valence-electron chi connectivity index (χ1n) is 12.3. The maximum atomic E-state index is 9.75. The molecule has 6 aromatic rings. The third kappa shape index (κ3) is 5.45. The molecule has 1 aromatic heterocycles. The average molecular weight is 509 g/mol. The molecule has 0 aliphatic carbocycles. The molecule has 1 heterocycles. The lowest BCUT2D eigenvalue weighted by atomic mass is 9.93. The summed E-state index contributed by atoms with van der Waals surface area (Å²) in [6.45, 7) is 2.14. The highest BCUT2D eigenvalue weighted by Crippen LogP contribution is 2.36. The summed E-state index contributed by atoms with van der Waals surface area (Å²) in [5, 5.41) is 3.80. The van der Waals surface area contributed by atoms with Gasteiger partial charge in [-0.2, -0.15) is 4.57 Å². The molecule has 188 valence electrons. The van der Waals surface area contributed by atoms with Gasteiger partial charge in [0, 0.05) is 35.4 Å². The molecule has 6 heteroatoms.